The van der Waals surface area contributed by atoms with Gasteiger partial charge in [-0.2, -0.15) is 0 Å². The number of nitrogens with one attached hydrogen (secondary N) is 1. The third-order valence-corrected chi connectivity index (χ3v) is 2.93. The molecule has 1 aromatic rings. The fourth-order valence-electron chi connectivity index (χ4n) is 1.33. The molecule has 1 atom stereocenters. The van der Waals surface area contributed by atoms with Crippen molar-refractivity contribution in [2.75, 3.05) is 7.05 Å². The highest BCUT2D eigenvalue weighted by Crippen LogP contribution is 2.09. The number of aliphatic imine (C=N–C) groups is 1. The van der Waals surface area contributed by atoms with Crippen LogP contribution in [-0.2, 0) is 4.74 Å². The maximum Gasteiger partial charge on any atom is 0.416 e. The Hall–Kier alpha value is -2.16. The molecular weight excluding hydrogens is 306 g/mol. The normalized spacial score (nSPS) is 13.4. The highest BCUT2D eigenvalue weighted by molar-refractivity contribution is 7.07. The third-order valence-electron chi connectivity index (χ3n) is 2.34. The molecule has 3 N–H and O–H groups in total. The molecule has 22 heavy (non-hydrogen) atoms. The first-order valence-corrected chi connectivity index (χ1v) is 7.53. The van der Waals surface area contributed by atoms with E-state index in [-0.39, 0.29) is 11.9 Å². The van der Waals surface area contributed by atoms with Gasteiger partial charge in [0.15, 0.2) is 0 Å². The number of guanidine groups is 1. The number of aromatic nitrogens is 1. The summed E-state index contributed by atoms with van der Waals surface area (Å²) < 4.78 is 5.17. The Morgan fingerprint density at radius 2 is 2.14 bits per heavy atom. The molecule has 1 rings (SSSR count). The van der Waals surface area contributed by atoms with E-state index in [1.165, 1.54) is 18.4 Å². The van der Waals surface area contributed by atoms with Crippen LogP contribution in [0, 0.1) is 0 Å². The molecule has 0 aliphatic carbocycles. The molecule has 0 aliphatic heterocycles. The molecule has 9 heteroatoms. The first-order chi connectivity index (χ1) is 10.1. The average Bonchev–Trinajstić information content (AvgIpc) is 2.89. The number of ether oxygens (including phenoxy) is 1. The van der Waals surface area contributed by atoms with Crippen LogP contribution in [0.1, 0.15) is 38.2 Å². The van der Waals surface area contributed by atoms with Crippen LogP contribution in [0.15, 0.2) is 15.9 Å². The molecule has 0 saturated heterocycles. The zero-order valence-corrected chi connectivity index (χ0v) is 14.1. The highest BCUT2D eigenvalue weighted by Gasteiger charge is 2.22. The van der Waals surface area contributed by atoms with Crippen LogP contribution in [0.3, 0.4) is 0 Å². The third kappa shape index (κ3) is 5.68. The van der Waals surface area contributed by atoms with Gasteiger partial charge in [0.25, 0.3) is 5.91 Å². The maximum atomic E-state index is 11.8. The summed E-state index contributed by atoms with van der Waals surface area (Å²) in [5.41, 5.74) is 6.99. The van der Waals surface area contributed by atoms with E-state index in [0.717, 1.165) is 4.90 Å². The van der Waals surface area contributed by atoms with Gasteiger partial charge in [0.2, 0.25) is 5.96 Å². The summed E-state index contributed by atoms with van der Waals surface area (Å²) in [7, 11) is 1.45. The van der Waals surface area contributed by atoms with Crippen LogP contribution in [0.2, 0.25) is 0 Å². The molecule has 1 heterocycles. The van der Waals surface area contributed by atoms with Gasteiger partial charge in [0.05, 0.1) is 5.51 Å². The summed E-state index contributed by atoms with van der Waals surface area (Å²) in [5, 5.41) is 4.24. The molecule has 2 amide bonds. The molecule has 8 nitrogen and oxygen atoms in total. The van der Waals surface area contributed by atoms with E-state index < -0.39 is 17.9 Å². The van der Waals surface area contributed by atoms with Crippen molar-refractivity contribution in [3.05, 3.63) is 16.6 Å². The number of amides is 2. The molecule has 122 valence electrons. The van der Waals surface area contributed by atoms with Crippen LogP contribution in [0.4, 0.5) is 4.79 Å². The number of rotatable bonds is 3. The van der Waals surface area contributed by atoms with Crippen LogP contribution in [-0.4, -0.2) is 46.7 Å². The summed E-state index contributed by atoms with van der Waals surface area (Å²) in [5.74, 6) is -0.412. The number of nitrogens with two attached hydrogens (primary N) is 1. The molecule has 0 aliphatic rings. The monoisotopic (exact) mass is 327 g/mol. The minimum absolute atomic E-state index is 0.0553. The van der Waals surface area contributed by atoms with Crippen molar-refractivity contribution in [2.45, 2.75) is 39.5 Å². The van der Waals surface area contributed by atoms with Crippen molar-refractivity contribution in [3.63, 3.8) is 0 Å². The molecule has 0 saturated carbocycles. The summed E-state index contributed by atoms with van der Waals surface area (Å²) in [6.07, 6.45) is -1.23. The largest absolute Gasteiger partial charge is 0.443 e. The van der Waals surface area contributed by atoms with Crippen LogP contribution >= 0.6 is 11.3 Å². The van der Waals surface area contributed by atoms with Crippen LogP contribution < -0.4 is 11.1 Å². The number of nitrogens with zero attached hydrogens (tertiary/aromatic N) is 3. The van der Waals surface area contributed by atoms with Gasteiger partial charge in [-0.15, -0.1) is 11.3 Å². The average molecular weight is 327 g/mol. The lowest BCUT2D eigenvalue weighted by Gasteiger charge is -2.24. The van der Waals surface area contributed by atoms with Crippen molar-refractivity contribution in [1.82, 2.24) is 15.2 Å². The molecule has 0 aromatic carbocycles. The number of carbonyl (C=O) groups is 2. The molecule has 1 unspecified atom stereocenters. The summed E-state index contributed by atoms with van der Waals surface area (Å²) >= 11 is 1.32. The van der Waals surface area contributed by atoms with E-state index in [0.29, 0.717) is 5.69 Å². The Labute approximate surface area is 133 Å². The lowest BCUT2D eigenvalue weighted by molar-refractivity contribution is 0.0400. The first kappa shape index (κ1) is 17.9. The van der Waals surface area contributed by atoms with Gasteiger partial charge in [-0.3, -0.25) is 9.69 Å². The Kier molecular flexibility index (Phi) is 5.86. The molecular formula is C13H21N5O3S. The summed E-state index contributed by atoms with van der Waals surface area (Å²) in [4.78, 5) is 32.7. The Bertz CT molecular complexity index is 551. The number of hydrogen-bond donors (Lipinski definition) is 2. The molecule has 0 bridgehead atoms. The number of hydrogen-bond acceptors (Lipinski definition) is 6. The summed E-state index contributed by atoms with van der Waals surface area (Å²) in [6, 6.07) is 0. The number of carbonyl (C=O) groups excluding carboxylic acids is 2. The zero-order chi connectivity index (χ0) is 16.9. The van der Waals surface area contributed by atoms with Gasteiger partial charge < -0.3 is 15.8 Å². The quantitative estimate of drug-likeness (QED) is 0.644. The molecule has 0 fully saturated rings. The van der Waals surface area contributed by atoms with Crippen molar-refractivity contribution in [3.8, 4) is 0 Å². The Morgan fingerprint density at radius 3 is 2.64 bits per heavy atom. The predicted octanol–water partition coefficient (Wildman–Crippen LogP) is 1.40. The van der Waals surface area contributed by atoms with E-state index >= 15 is 0 Å². The van der Waals surface area contributed by atoms with Gasteiger partial charge in [-0.1, -0.05) is 0 Å². The lowest BCUT2D eigenvalue weighted by Crippen LogP contribution is -2.44. The molecule has 0 radical (unpaired) electrons. The van der Waals surface area contributed by atoms with Crippen molar-refractivity contribution >= 4 is 29.3 Å². The molecule has 0 spiro atoms. The minimum Gasteiger partial charge on any atom is -0.443 e. The van der Waals surface area contributed by atoms with Crippen molar-refractivity contribution < 1.29 is 14.3 Å². The van der Waals surface area contributed by atoms with E-state index in [2.05, 4.69) is 15.3 Å². The number of thiazole rings is 1. The predicted molar refractivity (Wildman–Crippen MR) is 84.7 cm³/mol. The topological polar surface area (TPSA) is 110 Å². The van der Waals surface area contributed by atoms with E-state index in [4.69, 9.17) is 10.5 Å². The molecule has 1 aromatic heterocycles. The van der Waals surface area contributed by atoms with Crippen molar-refractivity contribution in [2.24, 2.45) is 10.7 Å². The first-order valence-electron chi connectivity index (χ1n) is 6.59. The second-order valence-electron chi connectivity index (χ2n) is 5.55. The second kappa shape index (κ2) is 7.21. The highest BCUT2D eigenvalue weighted by atomic mass is 32.1. The summed E-state index contributed by atoms with van der Waals surface area (Å²) in [6.45, 7) is 6.90. The zero-order valence-electron chi connectivity index (χ0n) is 13.3. The van der Waals surface area contributed by atoms with E-state index in [1.54, 1.807) is 38.6 Å². The fourth-order valence-corrected chi connectivity index (χ4v) is 1.86. The van der Waals surface area contributed by atoms with Gasteiger partial charge in [0, 0.05) is 12.4 Å². The lowest BCUT2D eigenvalue weighted by atomic mass is 10.2. The standard InChI is InChI=1S/C13H21N5O3S/c1-8(16-10(19)9-6-22-7-15-9)17-11(14)18(5)12(20)21-13(2,3)4/h6-8H,1-5H3,(H2,14,17)(H,16,19). The van der Waals surface area contributed by atoms with Crippen LogP contribution in [0.25, 0.3) is 0 Å². The van der Waals surface area contributed by atoms with Gasteiger partial charge >= 0.3 is 6.09 Å². The van der Waals surface area contributed by atoms with E-state index in [1.807, 2.05) is 0 Å². The van der Waals surface area contributed by atoms with Crippen LogP contribution in [0.5, 0.6) is 0 Å². The second-order valence-corrected chi connectivity index (χ2v) is 6.27. The minimum atomic E-state index is -0.629. The fraction of sp³-hybridized carbons (Fsp3) is 0.538. The Balaban J connectivity index is 2.63. The Morgan fingerprint density at radius 1 is 1.50 bits per heavy atom. The van der Waals surface area contributed by atoms with Gasteiger partial charge in [0.1, 0.15) is 17.5 Å². The van der Waals surface area contributed by atoms with Gasteiger partial charge in [-0.25, -0.2) is 14.8 Å². The smallest absolute Gasteiger partial charge is 0.416 e. The van der Waals surface area contributed by atoms with Gasteiger partial charge in [-0.05, 0) is 27.7 Å². The van der Waals surface area contributed by atoms with E-state index in [9.17, 15) is 9.59 Å². The SMILES string of the molecule is CC(/N=C(/N)N(C)C(=O)OC(C)(C)C)NC(=O)c1cscn1. The maximum absolute atomic E-state index is 11.8. The van der Waals surface area contributed by atoms with Crippen molar-refractivity contribution in [1.29, 1.82) is 0 Å².